The Morgan fingerprint density at radius 1 is 1.19 bits per heavy atom. The molecule has 1 amide bonds. The van der Waals surface area contributed by atoms with Gasteiger partial charge in [-0.3, -0.25) is 9.80 Å². The number of nitrogens with one attached hydrogen (secondary N) is 1. The first-order valence-electron chi connectivity index (χ1n) is 9.55. The number of anilines is 1. The second-order valence-electron chi connectivity index (χ2n) is 7.55. The molecule has 2 aliphatic rings. The van der Waals surface area contributed by atoms with Crippen LogP contribution in [0.15, 0.2) is 42.0 Å². The van der Waals surface area contributed by atoms with Crippen molar-refractivity contribution in [3.63, 3.8) is 0 Å². The highest BCUT2D eigenvalue weighted by Gasteiger charge is 2.40. The number of hydrogen-bond donors (Lipinski definition) is 1. The number of nitrogens with zero attached hydrogens (tertiary/aromatic N) is 5. The topological polar surface area (TPSA) is 64.6 Å². The number of alkyl halides is 3. The van der Waals surface area contributed by atoms with E-state index in [2.05, 4.69) is 15.5 Å². The van der Waals surface area contributed by atoms with Crippen LogP contribution in [0.5, 0.6) is 0 Å². The number of likely N-dealkylation sites (N-methyl/N-ethyl adjacent to an activating group) is 1. The summed E-state index contributed by atoms with van der Waals surface area (Å²) in [7, 11) is 1.74. The van der Waals surface area contributed by atoms with Gasteiger partial charge in [0.25, 0.3) is 5.91 Å². The second kappa shape index (κ2) is 7.49. The summed E-state index contributed by atoms with van der Waals surface area (Å²) < 4.78 is 53.0. The monoisotopic (exact) mass is 436 g/mol. The zero-order chi connectivity index (χ0) is 22.5. The number of rotatable bonds is 2. The van der Waals surface area contributed by atoms with Crippen molar-refractivity contribution in [1.29, 1.82) is 0 Å². The van der Waals surface area contributed by atoms with Crippen molar-refractivity contribution >= 4 is 11.9 Å². The molecule has 31 heavy (non-hydrogen) atoms. The van der Waals surface area contributed by atoms with Gasteiger partial charge in [-0.05, 0) is 31.5 Å². The van der Waals surface area contributed by atoms with E-state index in [9.17, 15) is 22.4 Å². The van der Waals surface area contributed by atoms with Crippen molar-refractivity contribution in [2.24, 2.45) is 0 Å². The Kier molecular flexibility index (Phi) is 5.08. The number of benzene rings is 1. The van der Waals surface area contributed by atoms with Gasteiger partial charge >= 0.3 is 6.18 Å². The Morgan fingerprint density at radius 2 is 1.87 bits per heavy atom. The van der Waals surface area contributed by atoms with Crippen molar-refractivity contribution in [3.8, 4) is 0 Å². The second-order valence-corrected chi connectivity index (χ2v) is 7.55. The largest absolute Gasteiger partial charge is 0.416 e. The molecule has 0 saturated carbocycles. The minimum Gasteiger partial charge on any atom is -0.330 e. The van der Waals surface area contributed by atoms with Crippen LogP contribution in [0.25, 0.3) is 0 Å². The van der Waals surface area contributed by atoms with Gasteiger partial charge < -0.3 is 4.90 Å². The first-order valence-corrected chi connectivity index (χ1v) is 9.55. The van der Waals surface area contributed by atoms with Gasteiger partial charge in [0.15, 0.2) is 5.82 Å². The van der Waals surface area contributed by atoms with Crippen LogP contribution in [-0.4, -0.2) is 45.4 Å². The van der Waals surface area contributed by atoms with Gasteiger partial charge in [-0.25, -0.2) is 19.4 Å². The normalized spacial score (nSPS) is 19.2. The first-order chi connectivity index (χ1) is 14.6. The van der Waals surface area contributed by atoms with E-state index < -0.39 is 23.5 Å². The zero-order valence-corrected chi connectivity index (χ0v) is 17.0. The van der Waals surface area contributed by atoms with E-state index >= 15 is 0 Å². The molecule has 2 aromatic rings. The summed E-state index contributed by atoms with van der Waals surface area (Å²) in [5.41, 5.74) is 3.73. The number of hydrogen-bond acceptors (Lipinski definition) is 6. The van der Waals surface area contributed by atoms with Crippen molar-refractivity contribution in [2.45, 2.75) is 32.5 Å². The van der Waals surface area contributed by atoms with Crippen LogP contribution in [-0.2, 0) is 6.18 Å². The molecule has 7 nitrogen and oxygen atoms in total. The Morgan fingerprint density at radius 3 is 2.52 bits per heavy atom. The summed E-state index contributed by atoms with van der Waals surface area (Å²) in [6.07, 6.45) is -2.01. The minimum absolute atomic E-state index is 0.0260. The number of hydrazine groups is 2. The molecular formula is C20H20F4N6O. The SMILES string of the molecule is Cc1c(C(=O)N2CC3=C(C[C@@H]2C)N(c2ncc(F)cn2)NN3C)cccc1C(F)(F)F. The fourth-order valence-corrected chi connectivity index (χ4v) is 3.89. The molecule has 3 heterocycles. The molecule has 0 radical (unpaired) electrons. The molecule has 1 aromatic heterocycles. The first kappa shape index (κ1) is 21.0. The fraction of sp³-hybridized carbons (Fsp3) is 0.350. The lowest BCUT2D eigenvalue weighted by molar-refractivity contribution is -0.138. The maximum absolute atomic E-state index is 13.3. The molecule has 0 unspecified atom stereocenters. The molecule has 2 aliphatic heterocycles. The summed E-state index contributed by atoms with van der Waals surface area (Å²) in [4.78, 5) is 22.7. The molecule has 0 saturated heterocycles. The van der Waals surface area contributed by atoms with Crippen molar-refractivity contribution < 1.29 is 22.4 Å². The Balaban J connectivity index is 1.64. The van der Waals surface area contributed by atoms with E-state index in [4.69, 9.17) is 0 Å². The van der Waals surface area contributed by atoms with Crippen LogP contribution in [0.2, 0.25) is 0 Å². The molecule has 0 fully saturated rings. The Hall–Kier alpha value is -3.21. The van der Waals surface area contributed by atoms with Gasteiger partial charge in [-0.2, -0.15) is 13.2 Å². The van der Waals surface area contributed by atoms with Crippen LogP contribution in [0.4, 0.5) is 23.5 Å². The zero-order valence-electron chi connectivity index (χ0n) is 17.0. The van der Waals surface area contributed by atoms with Crippen molar-refractivity contribution in [2.75, 3.05) is 18.6 Å². The van der Waals surface area contributed by atoms with Crippen molar-refractivity contribution in [1.82, 2.24) is 25.4 Å². The number of amides is 1. The maximum Gasteiger partial charge on any atom is 0.416 e. The number of halogens is 4. The summed E-state index contributed by atoms with van der Waals surface area (Å²) in [6, 6.07) is 3.34. The molecule has 4 rings (SSSR count). The summed E-state index contributed by atoms with van der Waals surface area (Å²) in [5.74, 6) is -0.776. The quantitative estimate of drug-likeness (QED) is 0.730. The van der Waals surface area contributed by atoms with Crippen molar-refractivity contribution in [3.05, 3.63) is 64.5 Å². The van der Waals surface area contributed by atoms with Crippen LogP contribution < -0.4 is 10.5 Å². The van der Waals surface area contributed by atoms with Gasteiger partial charge in [0.05, 0.1) is 35.9 Å². The van der Waals surface area contributed by atoms with Crippen LogP contribution in [0, 0.1) is 12.7 Å². The van der Waals surface area contributed by atoms with E-state index in [1.165, 1.54) is 19.1 Å². The van der Waals surface area contributed by atoms with Crippen LogP contribution in [0.3, 0.4) is 0 Å². The average molecular weight is 436 g/mol. The van der Waals surface area contributed by atoms with Gasteiger partial charge in [0.1, 0.15) is 0 Å². The maximum atomic E-state index is 13.3. The van der Waals surface area contributed by atoms with Gasteiger partial charge in [0, 0.05) is 25.1 Å². The number of aromatic nitrogens is 2. The molecule has 11 heteroatoms. The molecule has 164 valence electrons. The molecule has 0 aliphatic carbocycles. The summed E-state index contributed by atoms with van der Waals surface area (Å²) in [6.45, 7) is 3.32. The standard InChI is InChI=1S/C20H20F4N6O/c1-11-7-16-17(28(3)27-30(16)19-25-8-13(21)9-26-19)10-29(11)18(31)14-5-4-6-15(12(14)2)20(22,23)24/h4-6,8-9,11,27H,7,10H2,1-3H3/t11-/m0/s1. The molecule has 1 N–H and O–H groups in total. The molecule has 1 aromatic carbocycles. The minimum atomic E-state index is -4.53. The molecule has 0 bridgehead atoms. The summed E-state index contributed by atoms with van der Waals surface area (Å²) in [5, 5.41) is 3.30. The molecule has 1 atom stereocenters. The molecule has 0 spiro atoms. The lowest BCUT2D eigenvalue weighted by atomic mass is 9.98. The van der Waals surface area contributed by atoms with Crippen LogP contribution in [0.1, 0.15) is 34.8 Å². The van der Waals surface area contributed by atoms with E-state index in [1.807, 2.05) is 6.92 Å². The third-order valence-corrected chi connectivity index (χ3v) is 5.54. The van der Waals surface area contributed by atoms with E-state index in [0.717, 1.165) is 29.9 Å². The predicted molar refractivity (Wildman–Crippen MR) is 104 cm³/mol. The highest BCUT2D eigenvalue weighted by Crippen LogP contribution is 2.36. The number of carbonyl (C=O) groups is 1. The lowest BCUT2D eigenvalue weighted by Gasteiger charge is -2.35. The van der Waals surface area contributed by atoms with E-state index in [-0.39, 0.29) is 29.7 Å². The highest BCUT2D eigenvalue weighted by atomic mass is 19.4. The van der Waals surface area contributed by atoms with E-state index in [0.29, 0.717) is 6.42 Å². The molecular weight excluding hydrogens is 416 g/mol. The van der Waals surface area contributed by atoms with Gasteiger partial charge in [-0.15, -0.1) is 5.53 Å². The third-order valence-electron chi connectivity index (χ3n) is 5.54. The predicted octanol–water partition coefficient (Wildman–Crippen LogP) is 3.26. The lowest BCUT2D eigenvalue weighted by Crippen LogP contribution is -2.45. The smallest absolute Gasteiger partial charge is 0.330 e. The summed E-state index contributed by atoms with van der Waals surface area (Å²) >= 11 is 0. The van der Waals surface area contributed by atoms with E-state index in [1.54, 1.807) is 22.0 Å². The average Bonchev–Trinajstić information content (AvgIpc) is 3.02. The fourth-order valence-electron chi connectivity index (χ4n) is 3.89. The Labute approximate surface area is 175 Å². The highest BCUT2D eigenvalue weighted by molar-refractivity contribution is 5.96. The van der Waals surface area contributed by atoms with Gasteiger partial charge in [-0.1, -0.05) is 6.07 Å². The Bertz CT molecular complexity index is 1050. The number of carbonyl (C=O) groups excluding carboxylic acids is 1. The van der Waals surface area contributed by atoms with Crippen LogP contribution >= 0.6 is 0 Å². The third kappa shape index (κ3) is 3.69. The van der Waals surface area contributed by atoms with Gasteiger partial charge in [0.2, 0.25) is 5.95 Å².